The highest BCUT2D eigenvalue weighted by molar-refractivity contribution is 7.33. The first-order chi connectivity index (χ1) is 35.1. The van der Waals surface area contributed by atoms with Gasteiger partial charge in [-0.05, 0) is 224 Å². The van der Waals surface area contributed by atoms with Gasteiger partial charge in [0.15, 0.2) is 0 Å². The van der Waals surface area contributed by atoms with Gasteiger partial charge in [0.25, 0.3) is 6.71 Å². The van der Waals surface area contributed by atoms with Gasteiger partial charge in [-0.1, -0.05) is 160 Å². The number of thiophene rings is 1. The summed E-state index contributed by atoms with van der Waals surface area (Å²) in [4.78, 5) is 5.86. The summed E-state index contributed by atoms with van der Waals surface area (Å²) >= 11 is 2.16. The minimum absolute atomic E-state index is 0.0192. The average Bonchev–Trinajstić information content (AvgIpc) is 3.69. The van der Waals surface area contributed by atoms with Gasteiger partial charge in [-0.15, -0.1) is 11.3 Å². The van der Waals surface area contributed by atoms with Gasteiger partial charge in [-0.2, -0.15) is 0 Å². The first-order valence-electron chi connectivity index (χ1n) is 30.2. The molecule has 9 aliphatic rings. The molecule has 2 nitrogen and oxygen atoms in total. The smallest absolute Gasteiger partial charge is 0.264 e. The maximum Gasteiger partial charge on any atom is 0.264 e. The summed E-state index contributed by atoms with van der Waals surface area (Å²) in [6, 6.07) is 24.7. The van der Waals surface area contributed by atoms with Gasteiger partial charge in [0.1, 0.15) is 0 Å². The minimum Gasteiger partial charge on any atom is -0.335 e. The minimum atomic E-state index is 0.0192. The lowest BCUT2D eigenvalue weighted by Crippen LogP contribution is -2.62. The SMILES string of the molecule is CC1(C)CCC(C)(C)c2cc3c(cc2C1)B1c2sc4cc5c(cc4c2N(c2ccc4c(c2)C(C)(C)CCC4(C)C)c2cc(C4CCCCC4)cc(c21)N3C1C=C(C(C)(C)C)C=C(C(C)(C)C)C1)C1(C)CCC5(C)CC1. The largest absolute Gasteiger partial charge is 0.335 e. The van der Waals surface area contributed by atoms with Crippen LogP contribution in [-0.2, 0) is 33.5 Å². The number of rotatable bonds is 3. The van der Waals surface area contributed by atoms with E-state index < -0.39 is 0 Å². The Bertz CT molecular complexity index is 3280. The van der Waals surface area contributed by atoms with Crippen LogP contribution >= 0.6 is 11.3 Å². The lowest BCUT2D eigenvalue weighted by atomic mass is 9.35. The Morgan fingerprint density at radius 1 is 0.587 bits per heavy atom. The lowest BCUT2D eigenvalue weighted by Gasteiger charge is -2.52. The fraction of sp³-hybridized carbons (Fsp3) is 0.577. The molecule has 4 heteroatoms. The van der Waals surface area contributed by atoms with Crippen molar-refractivity contribution in [3.05, 3.63) is 117 Å². The molecule has 14 rings (SSSR count). The van der Waals surface area contributed by atoms with Crippen LogP contribution in [0.25, 0.3) is 10.1 Å². The summed E-state index contributed by atoms with van der Waals surface area (Å²) in [5, 5.41) is 1.49. The van der Waals surface area contributed by atoms with Crippen LogP contribution in [0.3, 0.4) is 0 Å². The van der Waals surface area contributed by atoms with E-state index in [0.717, 1.165) is 12.8 Å². The maximum absolute atomic E-state index is 2.97. The van der Waals surface area contributed by atoms with E-state index in [1.807, 2.05) is 0 Å². The van der Waals surface area contributed by atoms with Crippen LogP contribution in [0.15, 0.2) is 77.9 Å². The third-order valence-electron chi connectivity index (χ3n) is 22.1. The van der Waals surface area contributed by atoms with Crippen LogP contribution in [-0.4, -0.2) is 12.8 Å². The summed E-state index contributed by atoms with van der Waals surface area (Å²) in [6.45, 7) is 40.3. The number of hydrogen-bond acceptors (Lipinski definition) is 3. The summed E-state index contributed by atoms with van der Waals surface area (Å²) in [6.07, 6.45) is 24.2. The van der Waals surface area contributed by atoms with Crippen LogP contribution < -0.4 is 25.5 Å². The Hall–Kier alpha value is -4.02. The number of fused-ring (bicyclic) bond motifs is 10. The standard InChI is InChI=1S/C71H91BN2S/c1-64(2,3)46-35-47(65(4,5)6)37-49(36-46)73-57-40-52-45(42-66(7,8)24-25-68(52,11)12)32-56(57)72-61-58(73)33-44(43-20-18-17-19-21-43)34-59(61)74(48-22-23-51-53(38-48)69(13,14)27-26-67(51,9)10)62-50-39-54-55(41-60(50)75-63(62)72)71(16)30-28-70(54,15)29-31-71/h22-23,32-36,38-41,43,49H,17-21,24-31,37,42H2,1-16H3. The Labute approximate surface area is 458 Å². The average molecular weight is 1020 g/mol. The molecule has 0 spiro atoms. The highest BCUT2D eigenvalue weighted by Gasteiger charge is 2.52. The number of allylic oxidation sites excluding steroid dienone is 2. The van der Waals surface area contributed by atoms with Crippen molar-refractivity contribution < 1.29 is 0 Å². The second kappa shape index (κ2) is 16.3. The zero-order chi connectivity index (χ0) is 52.9. The normalized spacial score (nSPS) is 27.1. The molecule has 394 valence electrons. The molecule has 2 fully saturated rings. The Balaban J connectivity index is 1.17. The number of anilines is 5. The predicted octanol–water partition coefficient (Wildman–Crippen LogP) is 18.5. The van der Waals surface area contributed by atoms with Crippen LogP contribution in [0, 0.1) is 16.2 Å². The van der Waals surface area contributed by atoms with Gasteiger partial charge in [-0.3, -0.25) is 0 Å². The van der Waals surface area contributed by atoms with Crippen molar-refractivity contribution in [1.29, 1.82) is 0 Å². The zero-order valence-corrected chi connectivity index (χ0v) is 50.3. The molecule has 0 radical (unpaired) electrons. The Kier molecular flexibility index (Phi) is 11.0. The van der Waals surface area contributed by atoms with Crippen LogP contribution in [0.2, 0.25) is 0 Å². The molecule has 7 aliphatic carbocycles. The maximum atomic E-state index is 2.97. The van der Waals surface area contributed by atoms with E-state index in [1.165, 1.54) is 128 Å². The predicted molar refractivity (Wildman–Crippen MR) is 327 cm³/mol. The van der Waals surface area contributed by atoms with Crippen LogP contribution in [0.4, 0.5) is 28.4 Å². The molecule has 0 saturated heterocycles. The molecule has 4 aromatic carbocycles. The number of nitrogens with zero attached hydrogens (tertiary/aromatic N) is 2. The van der Waals surface area contributed by atoms with E-state index in [4.69, 9.17) is 0 Å². The van der Waals surface area contributed by atoms with E-state index in [0.29, 0.717) is 5.92 Å². The van der Waals surface area contributed by atoms with Gasteiger partial charge in [0.05, 0.1) is 11.7 Å². The molecule has 1 unspecified atom stereocenters. The zero-order valence-electron chi connectivity index (χ0n) is 49.5. The molecule has 0 N–H and O–H groups in total. The third-order valence-corrected chi connectivity index (χ3v) is 23.3. The molecule has 3 heterocycles. The first-order valence-corrected chi connectivity index (χ1v) is 31.0. The summed E-state index contributed by atoms with van der Waals surface area (Å²) in [7, 11) is 0. The Morgan fingerprint density at radius 3 is 1.88 bits per heavy atom. The third kappa shape index (κ3) is 7.77. The van der Waals surface area contributed by atoms with E-state index in [1.54, 1.807) is 60.2 Å². The topological polar surface area (TPSA) is 6.48 Å². The van der Waals surface area contributed by atoms with Crippen molar-refractivity contribution in [2.45, 2.75) is 246 Å². The molecule has 1 atom stereocenters. The van der Waals surface area contributed by atoms with Gasteiger partial charge >= 0.3 is 0 Å². The molecule has 2 bridgehead atoms. The van der Waals surface area contributed by atoms with E-state index in [2.05, 4.69) is 199 Å². The monoisotopic (exact) mass is 1010 g/mol. The van der Waals surface area contributed by atoms with Crippen molar-refractivity contribution >= 4 is 72.3 Å². The molecular weight excluding hydrogens is 924 g/mol. The Morgan fingerprint density at radius 2 is 1.21 bits per heavy atom. The molecule has 1 aromatic heterocycles. The quantitative estimate of drug-likeness (QED) is 0.129. The molecule has 75 heavy (non-hydrogen) atoms. The molecule has 0 amide bonds. The summed E-state index contributed by atoms with van der Waals surface area (Å²) in [5.41, 5.74) is 25.6. The van der Waals surface area contributed by atoms with Gasteiger partial charge < -0.3 is 9.80 Å². The second-order valence-electron chi connectivity index (χ2n) is 31.6. The molecule has 5 aromatic rings. The van der Waals surface area contributed by atoms with Crippen molar-refractivity contribution in [2.24, 2.45) is 16.2 Å². The molecule has 2 saturated carbocycles. The van der Waals surface area contributed by atoms with E-state index >= 15 is 0 Å². The second-order valence-corrected chi connectivity index (χ2v) is 32.7. The summed E-state index contributed by atoms with van der Waals surface area (Å²) in [5.74, 6) is 0.557. The molecule has 2 aliphatic heterocycles. The molecular formula is C71H91BN2S. The van der Waals surface area contributed by atoms with E-state index in [-0.39, 0.29) is 56.1 Å². The summed E-state index contributed by atoms with van der Waals surface area (Å²) < 4.78 is 3.05. The van der Waals surface area contributed by atoms with Gasteiger partial charge in [0.2, 0.25) is 0 Å². The van der Waals surface area contributed by atoms with E-state index in [9.17, 15) is 0 Å². The number of benzene rings is 4. The van der Waals surface area contributed by atoms with Crippen molar-refractivity contribution in [2.75, 3.05) is 9.80 Å². The van der Waals surface area contributed by atoms with Crippen molar-refractivity contribution in [3.63, 3.8) is 0 Å². The van der Waals surface area contributed by atoms with Crippen LogP contribution in [0.1, 0.15) is 246 Å². The highest BCUT2D eigenvalue weighted by atomic mass is 32.1. The van der Waals surface area contributed by atoms with Crippen molar-refractivity contribution in [1.82, 2.24) is 0 Å². The van der Waals surface area contributed by atoms with Gasteiger partial charge in [0, 0.05) is 37.6 Å². The highest BCUT2D eigenvalue weighted by Crippen LogP contribution is 2.60. The number of hydrogen-bond donors (Lipinski definition) is 0. The van der Waals surface area contributed by atoms with Gasteiger partial charge in [-0.25, -0.2) is 0 Å². The fourth-order valence-corrected chi connectivity index (χ4v) is 18.0. The lowest BCUT2D eigenvalue weighted by molar-refractivity contribution is 0.188. The van der Waals surface area contributed by atoms with Crippen molar-refractivity contribution in [3.8, 4) is 0 Å². The first kappa shape index (κ1) is 50.5. The van der Waals surface area contributed by atoms with Crippen LogP contribution in [0.5, 0.6) is 0 Å². The fourth-order valence-electron chi connectivity index (χ4n) is 16.7.